The van der Waals surface area contributed by atoms with Gasteiger partial charge in [-0.15, -0.1) is 0 Å². The van der Waals surface area contributed by atoms with Gasteiger partial charge in [-0.2, -0.15) is 5.10 Å². The summed E-state index contributed by atoms with van der Waals surface area (Å²) in [6, 6.07) is 8.96. The van der Waals surface area contributed by atoms with Gasteiger partial charge >= 0.3 is 0 Å². The monoisotopic (exact) mass is 686 g/mol. The number of aromatic nitrogens is 2. The maximum atomic E-state index is 14.4. The molecule has 47 heavy (non-hydrogen) atoms. The smallest absolute Gasteiger partial charge is 0.269 e. The van der Waals surface area contributed by atoms with Crippen LogP contribution in [0.3, 0.4) is 0 Å². The van der Waals surface area contributed by atoms with Crippen LogP contribution >= 0.6 is 11.6 Å². The molecule has 2 aromatic carbocycles. The fourth-order valence-electron chi connectivity index (χ4n) is 4.79. The number of nitrogens with two attached hydrogens (primary N) is 1. The molecule has 0 bridgehead atoms. The number of halogens is 2. The number of carbonyl (C=O) groups is 4. The van der Waals surface area contributed by atoms with Crippen molar-refractivity contribution < 1.29 is 28.0 Å². The Labute approximate surface area is 280 Å². The van der Waals surface area contributed by atoms with E-state index in [0.717, 1.165) is 12.8 Å². The van der Waals surface area contributed by atoms with E-state index in [4.69, 9.17) is 21.8 Å². The first-order valence-corrected chi connectivity index (χ1v) is 19.0. The summed E-state index contributed by atoms with van der Waals surface area (Å²) in [5.41, 5.74) is 6.75. The van der Waals surface area contributed by atoms with E-state index in [-0.39, 0.29) is 53.5 Å². The molecule has 1 atom stereocenters. The number of amides is 4. The van der Waals surface area contributed by atoms with Crippen LogP contribution in [-0.4, -0.2) is 65.8 Å². The molecule has 0 aliphatic heterocycles. The van der Waals surface area contributed by atoms with Gasteiger partial charge in [-0.25, -0.2) is 4.39 Å². The van der Waals surface area contributed by atoms with Crippen molar-refractivity contribution in [3.05, 3.63) is 58.5 Å². The number of hydrogen-bond acceptors (Lipinski definition) is 6. The van der Waals surface area contributed by atoms with Crippen molar-refractivity contribution in [2.45, 2.75) is 84.2 Å². The zero-order valence-electron chi connectivity index (χ0n) is 27.8. The summed E-state index contributed by atoms with van der Waals surface area (Å²) in [7, 11) is -2.19. The van der Waals surface area contributed by atoms with Crippen LogP contribution in [0.15, 0.2) is 36.4 Å². The number of benzene rings is 2. The quantitative estimate of drug-likeness (QED) is 0.198. The van der Waals surface area contributed by atoms with Crippen LogP contribution in [0.4, 0.5) is 10.1 Å². The minimum absolute atomic E-state index is 0.0479. The van der Waals surface area contributed by atoms with Gasteiger partial charge < -0.3 is 25.7 Å². The first-order chi connectivity index (χ1) is 22.0. The lowest BCUT2D eigenvalue weighted by Crippen LogP contribution is -2.50. The molecule has 1 aliphatic rings. The summed E-state index contributed by atoms with van der Waals surface area (Å²) in [5, 5.41) is 10.1. The van der Waals surface area contributed by atoms with Gasteiger partial charge in [-0.1, -0.05) is 44.5 Å². The molecule has 4 rings (SSSR count). The van der Waals surface area contributed by atoms with E-state index < -0.39 is 37.9 Å². The third-order valence-corrected chi connectivity index (χ3v) is 13.7. The zero-order valence-corrected chi connectivity index (χ0v) is 29.5. The lowest BCUT2D eigenvalue weighted by Gasteiger charge is -2.38. The summed E-state index contributed by atoms with van der Waals surface area (Å²) in [5.74, 6) is -2.08. The van der Waals surface area contributed by atoms with Gasteiger partial charge in [0, 0.05) is 29.6 Å². The summed E-state index contributed by atoms with van der Waals surface area (Å²) < 4.78 is 22.2. The second kappa shape index (κ2) is 14.5. The maximum absolute atomic E-state index is 14.4. The highest BCUT2D eigenvalue weighted by molar-refractivity contribution is 6.74. The normalized spacial score (nSPS) is 14.1. The van der Waals surface area contributed by atoms with Crippen molar-refractivity contribution in [2.75, 3.05) is 18.5 Å². The van der Waals surface area contributed by atoms with Gasteiger partial charge in [0.05, 0.1) is 29.7 Å². The van der Waals surface area contributed by atoms with Gasteiger partial charge in [-0.3, -0.25) is 23.9 Å². The van der Waals surface area contributed by atoms with E-state index in [1.54, 1.807) is 31.2 Å². The van der Waals surface area contributed by atoms with E-state index in [2.05, 4.69) is 49.6 Å². The molecule has 0 spiro atoms. The van der Waals surface area contributed by atoms with Crippen LogP contribution in [0.5, 0.6) is 0 Å². The molecule has 11 nitrogen and oxygen atoms in total. The molecule has 0 unspecified atom stereocenters. The molecular formula is C33H44ClFN6O5Si. The number of rotatable bonds is 14. The molecule has 0 saturated heterocycles. The Morgan fingerprint density at radius 2 is 1.87 bits per heavy atom. The van der Waals surface area contributed by atoms with Gasteiger partial charge in [-0.05, 0) is 68.1 Å². The minimum Gasteiger partial charge on any atom is -0.415 e. The van der Waals surface area contributed by atoms with Crippen LogP contribution < -0.4 is 16.4 Å². The highest BCUT2D eigenvalue weighted by Crippen LogP contribution is 2.37. The Morgan fingerprint density at radius 1 is 1.17 bits per heavy atom. The average Bonchev–Trinajstić information content (AvgIpc) is 3.73. The van der Waals surface area contributed by atoms with E-state index in [0.29, 0.717) is 28.9 Å². The molecule has 1 saturated carbocycles. The summed E-state index contributed by atoms with van der Waals surface area (Å²) in [6.07, 6.45) is 2.52. The Kier molecular flexibility index (Phi) is 11.1. The van der Waals surface area contributed by atoms with Gasteiger partial charge in [0.1, 0.15) is 12.4 Å². The first-order valence-electron chi connectivity index (χ1n) is 15.7. The fourth-order valence-corrected chi connectivity index (χ4v) is 6.07. The van der Waals surface area contributed by atoms with E-state index in [9.17, 15) is 23.6 Å². The number of primary amides is 1. The Hall–Kier alpha value is -3.81. The molecule has 254 valence electrons. The third-order valence-electron chi connectivity index (χ3n) is 8.89. The van der Waals surface area contributed by atoms with Crippen molar-refractivity contribution in [2.24, 2.45) is 11.7 Å². The molecule has 3 aromatic rings. The molecule has 0 radical (unpaired) electrons. The predicted octanol–water partition coefficient (Wildman–Crippen LogP) is 5.22. The van der Waals surface area contributed by atoms with Gasteiger partial charge in [0.15, 0.2) is 14.0 Å². The Bertz CT molecular complexity index is 1670. The number of nitrogens with one attached hydrogen (secondary N) is 2. The first kappa shape index (κ1) is 36.0. The Morgan fingerprint density at radius 3 is 2.51 bits per heavy atom. The minimum atomic E-state index is -2.19. The molecule has 1 heterocycles. The number of anilines is 1. The van der Waals surface area contributed by atoms with E-state index in [1.807, 2.05) is 0 Å². The van der Waals surface area contributed by atoms with Gasteiger partial charge in [0.25, 0.3) is 5.91 Å². The second-order valence-corrected chi connectivity index (χ2v) is 18.9. The highest BCUT2D eigenvalue weighted by Gasteiger charge is 2.38. The van der Waals surface area contributed by atoms with Crippen molar-refractivity contribution in [1.29, 1.82) is 0 Å². The summed E-state index contributed by atoms with van der Waals surface area (Å²) >= 11 is 5.88. The van der Waals surface area contributed by atoms with Crippen molar-refractivity contribution in [3.63, 3.8) is 0 Å². The lowest BCUT2D eigenvalue weighted by atomic mass is 10.1. The number of hydrogen-bond donors (Lipinski definition) is 3. The number of nitrogens with zero attached hydrogens (tertiary/aromatic N) is 3. The SMILES string of the molecule is C[C@H](CO[Si](C)(C)C(C)(C)C)N(CC(=O)NCc1cccc(Cl)c1F)C(=O)Cn1nc(C(N)=O)c2cc(NC(=O)CC3CC3)ccc21. The second-order valence-electron chi connectivity index (χ2n) is 13.7. The van der Waals surface area contributed by atoms with Crippen LogP contribution in [0.1, 0.15) is 63.0 Å². The van der Waals surface area contributed by atoms with Crippen molar-refractivity contribution in [3.8, 4) is 0 Å². The Balaban J connectivity index is 1.56. The summed E-state index contributed by atoms with van der Waals surface area (Å²) in [6.45, 7) is 11.8. The fraction of sp³-hybridized carbons (Fsp3) is 0.485. The van der Waals surface area contributed by atoms with Crippen molar-refractivity contribution in [1.82, 2.24) is 20.0 Å². The van der Waals surface area contributed by atoms with Crippen LogP contribution in [-0.2, 0) is 31.9 Å². The zero-order chi connectivity index (χ0) is 34.7. The molecule has 1 fully saturated rings. The van der Waals surface area contributed by atoms with Crippen LogP contribution in [0, 0.1) is 11.7 Å². The molecular weight excluding hydrogens is 643 g/mol. The average molecular weight is 687 g/mol. The van der Waals surface area contributed by atoms with Gasteiger partial charge in [0.2, 0.25) is 17.7 Å². The summed E-state index contributed by atoms with van der Waals surface area (Å²) in [4.78, 5) is 53.2. The number of fused-ring (bicyclic) bond motifs is 1. The molecule has 4 amide bonds. The topological polar surface area (TPSA) is 149 Å². The van der Waals surface area contributed by atoms with E-state index in [1.165, 1.54) is 21.7 Å². The van der Waals surface area contributed by atoms with E-state index >= 15 is 0 Å². The third kappa shape index (κ3) is 9.17. The molecule has 4 N–H and O–H groups in total. The number of carbonyl (C=O) groups excluding carboxylic acids is 4. The lowest BCUT2D eigenvalue weighted by molar-refractivity contribution is -0.139. The van der Waals surface area contributed by atoms with Crippen molar-refractivity contribution >= 4 is 60.1 Å². The standard InChI is InChI=1S/C33H44ClFN6O5Si/c1-20(19-46-47(5,6)33(2,3)4)40(17-28(43)37-16-22-8-7-9-25(34)30(22)35)29(44)18-41-26-13-12-23(38-27(42)14-21-10-11-21)15-24(26)31(39-41)32(36)45/h7-9,12-13,15,20-21H,10-11,14,16-19H2,1-6H3,(H2,36,45)(H,37,43)(H,38,42)/t20-/m1/s1. The molecule has 14 heteroatoms. The predicted molar refractivity (Wildman–Crippen MR) is 182 cm³/mol. The van der Waals surface area contributed by atoms with Crippen LogP contribution in [0.25, 0.3) is 10.9 Å². The largest absolute Gasteiger partial charge is 0.415 e. The maximum Gasteiger partial charge on any atom is 0.269 e. The molecule has 1 aliphatic carbocycles. The molecule has 1 aromatic heterocycles. The highest BCUT2D eigenvalue weighted by atomic mass is 35.5. The van der Waals surface area contributed by atoms with Crippen LogP contribution in [0.2, 0.25) is 23.2 Å².